The second-order valence-electron chi connectivity index (χ2n) is 6.08. The normalized spacial score (nSPS) is 11.4. The van der Waals surface area contributed by atoms with E-state index >= 15 is 0 Å². The molecule has 6 nitrogen and oxygen atoms in total. The van der Waals surface area contributed by atoms with Gasteiger partial charge in [-0.3, -0.25) is 4.79 Å². The molecule has 0 aliphatic carbocycles. The molecule has 3 N–H and O–H groups in total. The molecule has 0 spiro atoms. The van der Waals surface area contributed by atoms with Crippen molar-refractivity contribution < 1.29 is 4.79 Å². The van der Waals surface area contributed by atoms with Gasteiger partial charge in [0.1, 0.15) is 5.01 Å². The number of nitrogens with one attached hydrogen (secondary N) is 3. The van der Waals surface area contributed by atoms with Crippen LogP contribution in [0, 0.1) is 20.8 Å². The van der Waals surface area contributed by atoms with Crippen molar-refractivity contribution in [2.45, 2.75) is 40.7 Å². The van der Waals surface area contributed by atoms with Gasteiger partial charge >= 0.3 is 0 Å². The van der Waals surface area contributed by atoms with Gasteiger partial charge in [-0.05, 0) is 45.4 Å². The van der Waals surface area contributed by atoms with Crippen molar-refractivity contribution in [1.29, 1.82) is 0 Å². The average Bonchev–Trinajstić information content (AvgIpc) is 2.95. The first-order chi connectivity index (χ1) is 12.9. The van der Waals surface area contributed by atoms with E-state index in [-0.39, 0.29) is 5.91 Å². The van der Waals surface area contributed by atoms with E-state index < -0.39 is 0 Å². The van der Waals surface area contributed by atoms with Crippen LogP contribution in [0.3, 0.4) is 0 Å². The molecular formula is C19H26ClN5OS. The number of thiazole rings is 1. The first-order valence-electron chi connectivity index (χ1n) is 8.90. The van der Waals surface area contributed by atoms with E-state index in [2.05, 4.69) is 32.9 Å². The highest BCUT2D eigenvalue weighted by molar-refractivity contribution is 7.11. The van der Waals surface area contributed by atoms with Gasteiger partial charge < -0.3 is 16.0 Å². The van der Waals surface area contributed by atoms with Crippen LogP contribution in [0.25, 0.3) is 0 Å². The van der Waals surface area contributed by atoms with Gasteiger partial charge in [0, 0.05) is 35.1 Å². The number of aryl methyl sites for hydroxylation is 2. The minimum absolute atomic E-state index is 0.0742. The summed E-state index contributed by atoms with van der Waals surface area (Å²) in [6.45, 7) is 9.69. The van der Waals surface area contributed by atoms with Crippen molar-refractivity contribution in [3.8, 4) is 0 Å². The molecule has 1 aromatic carbocycles. The number of carbonyl (C=O) groups is 1. The Morgan fingerprint density at radius 2 is 2.04 bits per heavy atom. The number of hydrogen-bond acceptors (Lipinski definition) is 4. The Bertz CT molecular complexity index is 799. The third-order valence-electron chi connectivity index (χ3n) is 3.98. The number of carbonyl (C=O) groups excluding carboxylic acids is 1. The molecule has 8 heteroatoms. The van der Waals surface area contributed by atoms with E-state index in [1.165, 1.54) is 4.88 Å². The van der Waals surface area contributed by atoms with Crippen LogP contribution in [-0.4, -0.2) is 29.9 Å². The number of aliphatic imine (C=N–C) groups is 1. The minimum Gasteiger partial charge on any atom is -0.357 e. The van der Waals surface area contributed by atoms with E-state index in [1.54, 1.807) is 17.4 Å². The van der Waals surface area contributed by atoms with Gasteiger partial charge in [-0.15, -0.1) is 11.3 Å². The van der Waals surface area contributed by atoms with Gasteiger partial charge in [-0.25, -0.2) is 9.98 Å². The van der Waals surface area contributed by atoms with Crippen molar-refractivity contribution in [2.75, 3.05) is 18.4 Å². The second-order valence-corrected chi connectivity index (χ2v) is 7.78. The lowest BCUT2D eigenvalue weighted by Gasteiger charge is -2.12. The molecule has 2 rings (SSSR count). The van der Waals surface area contributed by atoms with Gasteiger partial charge in [0.15, 0.2) is 5.96 Å². The molecule has 2 aromatic rings. The summed E-state index contributed by atoms with van der Waals surface area (Å²) in [7, 11) is 0. The van der Waals surface area contributed by atoms with Crippen LogP contribution in [0.15, 0.2) is 23.2 Å². The Morgan fingerprint density at radius 1 is 1.26 bits per heavy atom. The Kier molecular flexibility index (Phi) is 8.06. The van der Waals surface area contributed by atoms with Crippen LogP contribution in [0.1, 0.15) is 34.5 Å². The van der Waals surface area contributed by atoms with Gasteiger partial charge in [-0.2, -0.15) is 0 Å². The number of benzene rings is 1. The third-order valence-corrected chi connectivity index (χ3v) is 5.44. The van der Waals surface area contributed by atoms with Crippen molar-refractivity contribution in [2.24, 2.45) is 4.99 Å². The van der Waals surface area contributed by atoms with Crippen LogP contribution < -0.4 is 16.0 Å². The number of rotatable bonds is 7. The molecule has 146 valence electrons. The molecule has 0 atom stereocenters. The Hall–Kier alpha value is -2.12. The topological polar surface area (TPSA) is 78.4 Å². The highest BCUT2D eigenvalue weighted by Crippen LogP contribution is 2.22. The zero-order chi connectivity index (χ0) is 19.8. The summed E-state index contributed by atoms with van der Waals surface area (Å²) in [6.07, 6.45) is 0.325. The summed E-state index contributed by atoms with van der Waals surface area (Å²) in [5.41, 5.74) is 2.66. The zero-order valence-electron chi connectivity index (χ0n) is 16.1. The van der Waals surface area contributed by atoms with E-state index in [1.807, 2.05) is 32.9 Å². The zero-order valence-corrected chi connectivity index (χ0v) is 17.7. The lowest BCUT2D eigenvalue weighted by atomic mass is 10.2. The second kappa shape index (κ2) is 10.3. The standard InChI is InChI=1S/C19H26ClN5OS/c1-5-21-19(23-11-18-24-13(3)14(4)27-18)22-10-9-17(26)25-16-8-6-7-15(20)12(16)2/h6-8H,5,9-11H2,1-4H3,(H,25,26)(H2,21,22,23). The van der Waals surface area contributed by atoms with Crippen LogP contribution >= 0.6 is 22.9 Å². The van der Waals surface area contributed by atoms with Gasteiger partial charge in [0.05, 0.1) is 12.2 Å². The summed E-state index contributed by atoms with van der Waals surface area (Å²) >= 11 is 7.74. The van der Waals surface area contributed by atoms with Crippen molar-refractivity contribution in [3.63, 3.8) is 0 Å². The maximum absolute atomic E-state index is 12.2. The fourth-order valence-electron chi connectivity index (χ4n) is 2.35. The molecule has 1 aromatic heterocycles. The predicted molar refractivity (Wildman–Crippen MR) is 114 cm³/mol. The SMILES string of the molecule is CCNC(=NCc1nc(C)c(C)s1)NCCC(=O)Nc1cccc(Cl)c1C. The summed E-state index contributed by atoms with van der Waals surface area (Å²) < 4.78 is 0. The molecular weight excluding hydrogens is 382 g/mol. The lowest BCUT2D eigenvalue weighted by Crippen LogP contribution is -2.38. The molecule has 0 saturated heterocycles. The van der Waals surface area contributed by atoms with E-state index in [0.717, 1.165) is 28.5 Å². The molecule has 0 bridgehead atoms. The summed E-state index contributed by atoms with van der Waals surface area (Å²) in [5.74, 6) is 0.602. The van der Waals surface area contributed by atoms with E-state index in [0.29, 0.717) is 30.5 Å². The van der Waals surface area contributed by atoms with Gasteiger partial charge in [-0.1, -0.05) is 17.7 Å². The molecule has 0 radical (unpaired) electrons. The van der Waals surface area contributed by atoms with Gasteiger partial charge in [0.2, 0.25) is 5.91 Å². The monoisotopic (exact) mass is 407 g/mol. The Labute approximate surface area is 169 Å². The summed E-state index contributed by atoms with van der Waals surface area (Å²) in [4.78, 5) is 22.4. The largest absolute Gasteiger partial charge is 0.357 e. The quantitative estimate of drug-likeness (QED) is 0.481. The molecule has 27 heavy (non-hydrogen) atoms. The lowest BCUT2D eigenvalue weighted by molar-refractivity contribution is -0.116. The number of hydrogen-bond donors (Lipinski definition) is 3. The molecule has 0 fully saturated rings. The third kappa shape index (κ3) is 6.52. The maximum Gasteiger partial charge on any atom is 0.226 e. The first kappa shape index (κ1) is 21.2. The molecule has 1 amide bonds. The number of guanidine groups is 1. The molecule has 0 aliphatic heterocycles. The van der Waals surface area contributed by atoms with Crippen LogP contribution in [0.2, 0.25) is 5.02 Å². The number of nitrogens with zero attached hydrogens (tertiary/aromatic N) is 2. The predicted octanol–water partition coefficient (Wildman–Crippen LogP) is 3.81. The fourth-order valence-corrected chi connectivity index (χ4v) is 3.38. The molecule has 1 heterocycles. The first-order valence-corrected chi connectivity index (χ1v) is 10.1. The Balaban J connectivity index is 1.85. The molecule has 0 unspecified atom stereocenters. The van der Waals surface area contributed by atoms with Crippen molar-refractivity contribution in [3.05, 3.63) is 44.4 Å². The number of amides is 1. The molecule has 0 saturated carbocycles. The summed E-state index contributed by atoms with van der Waals surface area (Å²) in [5, 5.41) is 10.9. The van der Waals surface area contributed by atoms with Crippen LogP contribution in [0.5, 0.6) is 0 Å². The van der Waals surface area contributed by atoms with E-state index in [9.17, 15) is 4.79 Å². The van der Waals surface area contributed by atoms with Gasteiger partial charge in [0.25, 0.3) is 0 Å². The van der Waals surface area contributed by atoms with Crippen molar-refractivity contribution >= 4 is 40.5 Å². The number of halogens is 1. The van der Waals surface area contributed by atoms with Crippen molar-refractivity contribution in [1.82, 2.24) is 15.6 Å². The number of aromatic nitrogens is 1. The molecule has 0 aliphatic rings. The minimum atomic E-state index is -0.0742. The maximum atomic E-state index is 12.2. The smallest absolute Gasteiger partial charge is 0.226 e. The average molecular weight is 408 g/mol. The highest BCUT2D eigenvalue weighted by atomic mass is 35.5. The van der Waals surface area contributed by atoms with E-state index in [4.69, 9.17) is 11.6 Å². The number of anilines is 1. The Morgan fingerprint density at radius 3 is 2.70 bits per heavy atom. The fraction of sp³-hybridized carbons (Fsp3) is 0.421. The highest BCUT2D eigenvalue weighted by Gasteiger charge is 2.08. The summed E-state index contributed by atoms with van der Waals surface area (Å²) in [6, 6.07) is 5.47. The van der Waals surface area contributed by atoms with Crippen LogP contribution in [0.4, 0.5) is 5.69 Å². The van der Waals surface area contributed by atoms with Crippen LogP contribution in [-0.2, 0) is 11.3 Å².